The number of fused-ring (bicyclic) bond motifs is 1. The Morgan fingerprint density at radius 3 is 2.67 bits per heavy atom. The minimum Gasteiger partial charge on any atom is -0.383 e. The molecule has 1 amide bonds. The van der Waals surface area contributed by atoms with Crippen LogP contribution in [0, 0.1) is 0 Å². The SMILES string of the molecule is Nc1nc(N2CCCCC2)nc2c1C(N)NC2=O. The smallest absolute Gasteiger partial charge is 0.272 e. The predicted molar refractivity (Wildman–Crippen MR) is 66.9 cm³/mol. The first-order valence-electron chi connectivity index (χ1n) is 6.15. The van der Waals surface area contributed by atoms with E-state index in [2.05, 4.69) is 20.2 Å². The van der Waals surface area contributed by atoms with E-state index in [0.717, 1.165) is 25.9 Å². The van der Waals surface area contributed by atoms with Crippen LogP contribution in [-0.2, 0) is 0 Å². The zero-order valence-corrected chi connectivity index (χ0v) is 10.0. The third-order valence-corrected chi connectivity index (χ3v) is 3.41. The van der Waals surface area contributed by atoms with Gasteiger partial charge in [0.2, 0.25) is 5.95 Å². The molecular formula is C11H16N6O. The molecule has 5 N–H and O–H groups in total. The highest BCUT2D eigenvalue weighted by Crippen LogP contribution is 2.27. The molecule has 96 valence electrons. The fourth-order valence-electron chi connectivity index (χ4n) is 2.47. The van der Waals surface area contributed by atoms with Gasteiger partial charge in [0, 0.05) is 13.1 Å². The Morgan fingerprint density at radius 1 is 1.22 bits per heavy atom. The Labute approximate surface area is 105 Å². The van der Waals surface area contributed by atoms with E-state index >= 15 is 0 Å². The van der Waals surface area contributed by atoms with Crippen molar-refractivity contribution in [2.24, 2.45) is 5.73 Å². The quantitative estimate of drug-likeness (QED) is 0.632. The lowest BCUT2D eigenvalue weighted by Crippen LogP contribution is -2.31. The fraction of sp³-hybridized carbons (Fsp3) is 0.545. The van der Waals surface area contributed by atoms with Gasteiger partial charge in [0.25, 0.3) is 5.91 Å². The number of nitrogen functional groups attached to an aromatic ring is 1. The van der Waals surface area contributed by atoms with Crippen molar-refractivity contribution in [2.45, 2.75) is 25.4 Å². The second-order valence-electron chi connectivity index (χ2n) is 4.67. The topological polar surface area (TPSA) is 110 Å². The molecule has 2 aliphatic rings. The third kappa shape index (κ3) is 1.67. The molecule has 0 spiro atoms. The van der Waals surface area contributed by atoms with Crippen LogP contribution in [0.3, 0.4) is 0 Å². The molecule has 1 aromatic heterocycles. The number of nitrogens with one attached hydrogen (secondary N) is 1. The molecule has 3 rings (SSSR count). The van der Waals surface area contributed by atoms with Gasteiger partial charge in [-0.1, -0.05) is 0 Å². The predicted octanol–water partition coefficient (Wildman–Crippen LogP) is -0.250. The van der Waals surface area contributed by atoms with Crippen molar-refractivity contribution in [3.8, 4) is 0 Å². The van der Waals surface area contributed by atoms with E-state index in [4.69, 9.17) is 11.5 Å². The summed E-state index contributed by atoms with van der Waals surface area (Å²) in [5.41, 5.74) is 12.5. The van der Waals surface area contributed by atoms with Gasteiger partial charge in [-0.25, -0.2) is 4.98 Å². The van der Waals surface area contributed by atoms with Gasteiger partial charge < -0.3 is 21.7 Å². The van der Waals surface area contributed by atoms with Crippen LogP contribution >= 0.6 is 0 Å². The van der Waals surface area contributed by atoms with Gasteiger partial charge in [0.15, 0.2) is 0 Å². The van der Waals surface area contributed by atoms with Gasteiger partial charge in [-0.05, 0) is 19.3 Å². The van der Waals surface area contributed by atoms with Crippen molar-refractivity contribution in [1.29, 1.82) is 0 Å². The molecule has 0 saturated carbocycles. The minimum absolute atomic E-state index is 0.273. The van der Waals surface area contributed by atoms with Gasteiger partial charge >= 0.3 is 0 Å². The molecule has 0 radical (unpaired) electrons. The number of amides is 1. The summed E-state index contributed by atoms with van der Waals surface area (Å²) in [6.07, 6.45) is 2.86. The largest absolute Gasteiger partial charge is 0.383 e. The highest BCUT2D eigenvalue weighted by molar-refractivity contribution is 5.98. The number of anilines is 2. The lowest BCUT2D eigenvalue weighted by molar-refractivity contribution is 0.0953. The van der Waals surface area contributed by atoms with E-state index in [0.29, 0.717) is 23.0 Å². The molecule has 0 aliphatic carbocycles. The first kappa shape index (κ1) is 11.2. The van der Waals surface area contributed by atoms with Gasteiger partial charge in [0.05, 0.1) is 5.56 Å². The lowest BCUT2D eigenvalue weighted by Gasteiger charge is -2.27. The van der Waals surface area contributed by atoms with Gasteiger partial charge in [0.1, 0.15) is 17.7 Å². The van der Waals surface area contributed by atoms with Crippen LogP contribution in [0.15, 0.2) is 0 Å². The van der Waals surface area contributed by atoms with Gasteiger partial charge in [-0.2, -0.15) is 4.98 Å². The standard InChI is InChI=1S/C11H16N6O/c12-8-6-7(10(18)15-8)14-11(16-9(6)13)17-4-2-1-3-5-17/h8H,1-5,12H2,(H,15,18)(H2,13,14,16). The molecule has 1 fully saturated rings. The van der Waals surface area contributed by atoms with Crippen molar-refractivity contribution >= 4 is 17.7 Å². The molecule has 7 nitrogen and oxygen atoms in total. The summed E-state index contributed by atoms with van der Waals surface area (Å²) in [7, 11) is 0. The van der Waals surface area contributed by atoms with Crippen molar-refractivity contribution in [2.75, 3.05) is 23.7 Å². The number of hydrogen-bond donors (Lipinski definition) is 3. The summed E-state index contributed by atoms with van der Waals surface area (Å²) in [5.74, 6) is 0.562. The second kappa shape index (κ2) is 4.09. The molecular weight excluding hydrogens is 232 g/mol. The number of aromatic nitrogens is 2. The Hall–Kier alpha value is -1.89. The second-order valence-corrected chi connectivity index (χ2v) is 4.67. The van der Waals surface area contributed by atoms with E-state index in [-0.39, 0.29) is 5.91 Å². The van der Waals surface area contributed by atoms with Crippen LogP contribution in [0.1, 0.15) is 41.5 Å². The summed E-state index contributed by atoms with van der Waals surface area (Å²) < 4.78 is 0. The van der Waals surface area contributed by atoms with E-state index in [1.807, 2.05) is 0 Å². The summed E-state index contributed by atoms with van der Waals surface area (Å²) in [4.78, 5) is 22.4. The summed E-state index contributed by atoms with van der Waals surface area (Å²) in [5, 5.41) is 2.59. The maximum Gasteiger partial charge on any atom is 0.272 e. The molecule has 7 heteroatoms. The van der Waals surface area contributed by atoms with Crippen LogP contribution in [0.4, 0.5) is 11.8 Å². The maximum absolute atomic E-state index is 11.7. The molecule has 2 aliphatic heterocycles. The summed E-state index contributed by atoms with van der Waals surface area (Å²) >= 11 is 0. The van der Waals surface area contributed by atoms with Crippen molar-refractivity contribution < 1.29 is 4.79 Å². The first-order valence-corrected chi connectivity index (χ1v) is 6.15. The van der Waals surface area contributed by atoms with Crippen LogP contribution in [0.2, 0.25) is 0 Å². The van der Waals surface area contributed by atoms with Crippen LogP contribution in [0.5, 0.6) is 0 Å². The average Bonchev–Trinajstić information content (AvgIpc) is 2.66. The summed E-state index contributed by atoms with van der Waals surface area (Å²) in [6, 6.07) is 0. The molecule has 1 unspecified atom stereocenters. The molecule has 1 aromatic rings. The molecule has 1 atom stereocenters. The van der Waals surface area contributed by atoms with Crippen molar-refractivity contribution in [3.05, 3.63) is 11.3 Å². The van der Waals surface area contributed by atoms with Crippen LogP contribution < -0.4 is 21.7 Å². The van der Waals surface area contributed by atoms with Crippen molar-refractivity contribution in [1.82, 2.24) is 15.3 Å². The third-order valence-electron chi connectivity index (χ3n) is 3.41. The highest BCUT2D eigenvalue weighted by atomic mass is 16.2. The zero-order valence-electron chi connectivity index (χ0n) is 10.0. The number of carbonyl (C=O) groups excluding carboxylic acids is 1. The molecule has 0 bridgehead atoms. The normalized spacial score (nSPS) is 22.8. The zero-order chi connectivity index (χ0) is 12.7. The van der Waals surface area contributed by atoms with E-state index < -0.39 is 6.17 Å². The van der Waals surface area contributed by atoms with E-state index in [9.17, 15) is 4.79 Å². The van der Waals surface area contributed by atoms with E-state index in [1.54, 1.807) is 0 Å². The Balaban J connectivity index is 2.01. The number of nitrogens with zero attached hydrogens (tertiary/aromatic N) is 3. The molecule has 0 aromatic carbocycles. The fourth-order valence-corrected chi connectivity index (χ4v) is 2.47. The number of nitrogens with two attached hydrogens (primary N) is 2. The summed E-state index contributed by atoms with van der Waals surface area (Å²) in [6.45, 7) is 1.82. The number of piperidine rings is 1. The van der Waals surface area contributed by atoms with Crippen LogP contribution in [-0.4, -0.2) is 29.0 Å². The highest BCUT2D eigenvalue weighted by Gasteiger charge is 2.32. The number of carbonyl (C=O) groups is 1. The lowest BCUT2D eigenvalue weighted by atomic mass is 10.1. The molecule has 1 saturated heterocycles. The molecule has 18 heavy (non-hydrogen) atoms. The monoisotopic (exact) mass is 248 g/mol. The van der Waals surface area contributed by atoms with Crippen molar-refractivity contribution in [3.63, 3.8) is 0 Å². The Morgan fingerprint density at radius 2 is 1.94 bits per heavy atom. The molecule has 3 heterocycles. The maximum atomic E-state index is 11.7. The number of rotatable bonds is 1. The Kier molecular flexibility index (Phi) is 2.55. The average molecular weight is 248 g/mol. The minimum atomic E-state index is -0.595. The van der Waals surface area contributed by atoms with E-state index in [1.165, 1.54) is 6.42 Å². The van der Waals surface area contributed by atoms with Gasteiger partial charge in [-0.3, -0.25) is 4.79 Å². The van der Waals surface area contributed by atoms with Crippen LogP contribution in [0.25, 0.3) is 0 Å². The Bertz CT molecular complexity index is 497. The first-order chi connectivity index (χ1) is 8.66. The van der Waals surface area contributed by atoms with Gasteiger partial charge in [-0.15, -0.1) is 0 Å². The number of hydrogen-bond acceptors (Lipinski definition) is 6.